The van der Waals surface area contributed by atoms with Crippen molar-refractivity contribution in [2.75, 3.05) is 6.54 Å². The fourth-order valence-electron chi connectivity index (χ4n) is 2.14. The van der Waals surface area contributed by atoms with Crippen molar-refractivity contribution >= 4 is 24.1 Å². The van der Waals surface area contributed by atoms with Crippen molar-refractivity contribution in [1.82, 2.24) is 5.32 Å². The van der Waals surface area contributed by atoms with Crippen molar-refractivity contribution in [3.05, 3.63) is 35.4 Å². The number of Topliss-reactive ketones (excluding diaryl/α,β-unsaturated/α-hetero) is 1. The summed E-state index contributed by atoms with van der Waals surface area (Å²) in [4.78, 5) is 23.7. The number of nitrogens with one attached hydrogen (secondary N) is 1. The molecule has 0 fully saturated rings. The second-order valence-corrected chi connectivity index (χ2v) is 5.84. The third kappa shape index (κ3) is 9.36. The quantitative estimate of drug-likeness (QED) is 0.642. The Morgan fingerprint density at radius 2 is 1.83 bits per heavy atom. The Bertz CT molecular complexity index is 472. The minimum absolute atomic E-state index is 0. The van der Waals surface area contributed by atoms with Crippen LogP contribution < -0.4 is 11.1 Å². The van der Waals surface area contributed by atoms with E-state index in [1.807, 2.05) is 31.2 Å². The molecule has 1 atom stereocenters. The number of amides is 1. The molecule has 0 bridgehead atoms. The summed E-state index contributed by atoms with van der Waals surface area (Å²) in [5.74, 6) is -0.0713. The molecular weight excluding hydrogens is 312 g/mol. The number of carbonyl (C=O) groups is 2. The first kappa shape index (κ1) is 21.6. The zero-order chi connectivity index (χ0) is 16.4. The van der Waals surface area contributed by atoms with Gasteiger partial charge in [-0.05, 0) is 31.7 Å². The monoisotopic (exact) mass is 340 g/mol. The van der Waals surface area contributed by atoms with Crippen LogP contribution >= 0.6 is 12.4 Å². The molecule has 0 heterocycles. The normalized spacial score (nSPS) is 11.4. The van der Waals surface area contributed by atoms with E-state index in [1.54, 1.807) is 0 Å². The van der Waals surface area contributed by atoms with E-state index in [4.69, 9.17) is 5.73 Å². The average Bonchev–Trinajstić information content (AvgIpc) is 2.50. The van der Waals surface area contributed by atoms with Gasteiger partial charge in [0.25, 0.3) is 0 Å². The Balaban J connectivity index is 0.00000484. The molecule has 4 nitrogen and oxygen atoms in total. The fourth-order valence-corrected chi connectivity index (χ4v) is 2.14. The molecule has 1 amide bonds. The van der Waals surface area contributed by atoms with Gasteiger partial charge in [-0.1, -0.05) is 37.6 Å². The van der Waals surface area contributed by atoms with Gasteiger partial charge >= 0.3 is 0 Å². The van der Waals surface area contributed by atoms with Crippen molar-refractivity contribution < 1.29 is 9.59 Å². The van der Waals surface area contributed by atoms with E-state index in [0.717, 1.165) is 19.3 Å². The number of aryl methyl sites for hydroxylation is 1. The Morgan fingerprint density at radius 1 is 1.17 bits per heavy atom. The molecule has 1 unspecified atom stereocenters. The van der Waals surface area contributed by atoms with E-state index in [9.17, 15) is 9.59 Å². The number of ketones is 1. The molecule has 1 aromatic rings. The van der Waals surface area contributed by atoms with Crippen molar-refractivity contribution in [3.63, 3.8) is 0 Å². The number of halogens is 1. The van der Waals surface area contributed by atoms with Gasteiger partial charge in [0.15, 0.2) is 5.78 Å². The first-order chi connectivity index (χ1) is 10.5. The largest absolute Gasteiger partial charge is 0.356 e. The summed E-state index contributed by atoms with van der Waals surface area (Å²) in [5.41, 5.74) is 7.55. The van der Waals surface area contributed by atoms with Crippen LogP contribution in [-0.2, 0) is 11.2 Å². The lowest BCUT2D eigenvalue weighted by Crippen LogP contribution is -2.29. The number of hydrogen-bond acceptors (Lipinski definition) is 3. The molecule has 0 saturated heterocycles. The highest BCUT2D eigenvalue weighted by molar-refractivity contribution is 5.97. The number of rotatable bonds is 10. The van der Waals surface area contributed by atoms with Gasteiger partial charge in [-0.3, -0.25) is 9.59 Å². The lowest BCUT2D eigenvalue weighted by atomic mass is 10.0. The third-order valence-corrected chi connectivity index (χ3v) is 3.60. The minimum atomic E-state index is -0.0893. The van der Waals surface area contributed by atoms with Gasteiger partial charge in [0.05, 0.1) is 0 Å². The van der Waals surface area contributed by atoms with Crippen LogP contribution in [0.3, 0.4) is 0 Å². The molecule has 0 aromatic heterocycles. The molecule has 5 heteroatoms. The lowest BCUT2D eigenvalue weighted by molar-refractivity contribution is -0.121. The SMILES string of the molecule is CCCCc1ccc(C(=O)CCC(=O)NCCC(C)N)cc1.Cl. The van der Waals surface area contributed by atoms with Gasteiger partial charge in [-0.25, -0.2) is 0 Å². The van der Waals surface area contributed by atoms with Crippen molar-refractivity contribution in [2.45, 2.75) is 58.4 Å². The molecule has 0 aliphatic carbocycles. The standard InChI is InChI=1S/C18H28N2O2.ClH/c1-3-4-5-15-6-8-16(9-7-15)17(21)10-11-18(22)20-13-12-14(2)19;/h6-9,14H,3-5,10-13,19H2,1-2H3,(H,20,22);1H. The predicted octanol–water partition coefficient (Wildman–Crippen LogP) is 3.27. The van der Waals surface area contributed by atoms with Crippen LogP contribution in [0.2, 0.25) is 0 Å². The summed E-state index contributed by atoms with van der Waals surface area (Å²) in [5, 5.41) is 2.78. The summed E-state index contributed by atoms with van der Waals surface area (Å²) < 4.78 is 0. The number of hydrogen-bond donors (Lipinski definition) is 2. The number of benzene rings is 1. The first-order valence-electron chi connectivity index (χ1n) is 8.17. The summed E-state index contributed by atoms with van der Waals surface area (Å²) in [7, 11) is 0. The van der Waals surface area contributed by atoms with Crippen LogP contribution in [0.15, 0.2) is 24.3 Å². The second kappa shape index (κ2) is 12.1. The number of carbonyl (C=O) groups excluding carboxylic acids is 2. The van der Waals surface area contributed by atoms with Crippen LogP contribution in [0.25, 0.3) is 0 Å². The maximum atomic E-state index is 12.1. The highest BCUT2D eigenvalue weighted by Crippen LogP contribution is 2.10. The highest BCUT2D eigenvalue weighted by atomic mass is 35.5. The minimum Gasteiger partial charge on any atom is -0.356 e. The van der Waals surface area contributed by atoms with Gasteiger partial charge < -0.3 is 11.1 Å². The predicted molar refractivity (Wildman–Crippen MR) is 97.1 cm³/mol. The molecule has 130 valence electrons. The maximum absolute atomic E-state index is 12.1. The van der Waals surface area contributed by atoms with Crippen LogP contribution in [0, 0.1) is 0 Å². The van der Waals surface area contributed by atoms with Gasteiger partial charge in [0, 0.05) is 31.0 Å². The van der Waals surface area contributed by atoms with E-state index >= 15 is 0 Å². The van der Waals surface area contributed by atoms with E-state index in [0.29, 0.717) is 12.1 Å². The maximum Gasteiger partial charge on any atom is 0.220 e. The van der Waals surface area contributed by atoms with E-state index in [2.05, 4.69) is 12.2 Å². The first-order valence-corrected chi connectivity index (χ1v) is 8.17. The zero-order valence-electron chi connectivity index (χ0n) is 14.1. The molecule has 0 spiro atoms. The summed E-state index contributed by atoms with van der Waals surface area (Å²) >= 11 is 0. The Morgan fingerprint density at radius 3 is 2.39 bits per heavy atom. The molecule has 1 rings (SSSR count). The zero-order valence-corrected chi connectivity index (χ0v) is 15.0. The van der Waals surface area contributed by atoms with Crippen LogP contribution in [-0.4, -0.2) is 24.3 Å². The lowest BCUT2D eigenvalue weighted by Gasteiger charge is -2.07. The van der Waals surface area contributed by atoms with Gasteiger partial charge in [0.2, 0.25) is 5.91 Å². The van der Waals surface area contributed by atoms with E-state index in [1.165, 1.54) is 12.0 Å². The third-order valence-electron chi connectivity index (χ3n) is 3.60. The van der Waals surface area contributed by atoms with Crippen LogP contribution in [0.5, 0.6) is 0 Å². The van der Waals surface area contributed by atoms with Crippen LogP contribution in [0.4, 0.5) is 0 Å². The van der Waals surface area contributed by atoms with Crippen LogP contribution in [0.1, 0.15) is 61.9 Å². The van der Waals surface area contributed by atoms with Gasteiger partial charge in [-0.15, -0.1) is 12.4 Å². The topological polar surface area (TPSA) is 72.2 Å². The Labute approximate surface area is 145 Å². The Hall–Kier alpha value is -1.39. The Kier molecular flexibility index (Phi) is 11.4. The summed E-state index contributed by atoms with van der Waals surface area (Å²) in [6, 6.07) is 7.81. The van der Waals surface area contributed by atoms with Crippen molar-refractivity contribution in [2.24, 2.45) is 5.73 Å². The molecule has 23 heavy (non-hydrogen) atoms. The molecule has 0 saturated carbocycles. The summed E-state index contributed by atoms with van der Waals surface area (Å²) in [6.45, 7) is 4.63. The van der Waals surface area contributed by atoms with Gasteiger partial charge in [0.1, 0.15) is 0 Å². The van der Waals surface area contributed by atoms with Crippen molar-refractivity contribution in [1.29, 1.82) is 0 Å². The molecule has 1 aromatic carbocycles. The van der Waals surface area contributed by atoms with Gasteiger partial charge in [-0.2, -0.15) is 0 Å². The molecule has 0 aliphatic rings. The smallest absolute Gasteiger partial charge is 0.220 e. The number of nitrogens with two attached hydrogens (primary N) is 1. The molecule has 3 N–H and O–H groups in total. The summed E-state index contributed by atoms with van der Waals surface area (Å²) in [6.07, 6.45) is 4.60. The number of unbranched alkanes of at least 4 members (excludes halogenated alkanes) is 1. The fraction of sp³-hybridized carbons (Fsp3) is 0.556. The molecule has 0 radical (unpaired) electrons. The average molecular weight is 341 g/mol. The molecular formula is C18H29ClN2O2. The second-order valence-electron chi connectivity index (χ2n) is 5.84. The molecule has 0 aliphatic heterocycles. The van der Waals surface area contributed by atoms with Crippen molar-refractivity contribution in [3.8, 4) is 0 Å². The van der Waals surface area contributed by atoms with E-state index < -0.39 is 0 Å². The highest BCUT2D eigenvalue weighted by Gasteiger charge is 2.09. The van der Waals surface area contributed by atoms with E-state index in [-0.39, 0.29) is 43.0 Å².